The van der Waals surface area contributed by atoms with Gasteiger partial charge in [-0.25, -0.2) is 13.1 Å². The molecule has 0 spiro atoms. The number of thiophene rings is 1. The lowest BCUT2D eigenvalue weighted by molar-refractivity contribution is -0.137. The molecule has 2 rings (SSSR count). The van der Waals surface area contributed by atoms with Gasteiger partial charge in [0.15, 0.2) is 0 Å². The first-order valence-corrected chi connectivity index (χ1v) is 10.3. The average Bonchev–Trinajstić information content (AvgIpc) is 3.14. The number of hydrogen-bond donors (Lipinski definition) is 2. The highest BCUT2D eigenvalue weighted by atomic mass is 32.2. The number of nitrogens with zero attached hydrogens (tertiary/aromatic N) is 1. The molecule has 0 saturated carbocycles. The van der Waals surface area contributed by atoms with Gasteiger partial charge in [-0.3, -0.25) is 9.59 Å². The number of amides is 1. The van der Waals surface area contributed by atoms with E-state index in [1.54, 1.807) is 6.92 Å². The van der Waals surface area contributed by atoms with Crippen LogP contribution in [0.4, 0.5) is 0 Å². The molecular formula is C17H20N2O5S2. The Morgan fingerprint density at radius 2 is 1.88 bits per heavy atom. The van der Waals surface area contributed by atoms with E-state index in [2.05, 4.69) is 4.72 Å². The van der Waals surface area contributed by atoms with Crippen LogP contribution in [0.3, 0.4) is 0 Å². The maximum atomic E-state index is 12.4. The topological polar surface area (TPSA) is 104 Å². The molecule has 1 aromatic carbocycles. The molecule has 1 heterocycles. The molecule has 0 unspecified atom stereocenters. The van der Waals surface area contributed by atoms with Gasteiger partial charge in [-0.15, -0.1) is 11.3 Å². The molecule has 0 atom stereocenters. The van der Waals surface area contributed by atoms with Crippen LogP contribution in [-0.2, 0) is 21.4 Å². The summed E-state index contributed by atoms with van der Waals surface area (Å²) in [6, 6.07) is 9.30. The number of carboxylic acids is 1. The molecule has 0 fully saturated rings. The quantitative estimate of drug-likeness (QED) is 0.676. The normalized spacial score (nSPS) is 11.3. The van der Waals surface area contributed by atoms with E-state index >= 15 is 0 Å². The van der Waals surface area contributed by atoms with Crippen molar-refractivity contribution < 1.29 is 23.1 Å². The predicted molar refractivity (Wildman–Crippen MR) is 98.6 cm³/mol. The van der Waals surface area contributed by atoms with Gasteiger partial charge in [0.05, 0.1) is 11.3 Å². The van der Waals surface area contributed by atoms with Crippen molar-refractivity contribution in [3.63, 3.8) is 0 Å². The van der Waals surface area contributed by atoms with E-state index in [-0.39, 0.29) is 30.3 Å². The van der Waals surface area contributed by atoms with Gasteiger partial charge in [0.25, 0.3) is 5.91 Å². The lowest BCUT2D eigenvalue weighted by Crippen LogP contribution is -2.32. The summed E-state index contributed by atoms with van der Waals surface area (Å²) in [6.45, 7) is 2.44. The van der Waals surface area contributed by atoms with E-state index in [9.17, 15) is 18.0 Å². The molecule has 0 aliphatic rings. The Labute approximate surface area is 156 Å². The van der Waals surface area contributed by atoms with Crippen LogP contribution in [0.1, 0.15) is 28.6 Å². The van der Waals surface area contributed by atoms with E-state index in [1.807, 2.05) is 17.5 Å². The van der Waals surface area contributed by atoms with Gasteiger partial charge in [-0.05, 0) is 42.6 Å². The maximum absolute atomic E-state index is 12.4. The number of carbonyl (C=O) groups is 2. The highest BCUT2D eigenvalue weighted by Crippen LogP contribution is 2.14. The fourth-order valence-electron chi connectivity index (χ4n) is 2.26. The Bertz CT molecular complexity index is 846. The van der Waals surface area contributed by atoms with Gasteiger partial charge in [-0.2, -0.15) is 0 Å². The fourth-order valence-corrected chi connectivity index (χ4v) is 4.00. The summed E-state index contributed by atoms with van der Waals surface area (Å²) >= 11 is 1.46. The fraction of sp³-hybridized carbons (Fsp3) is 0.294. The number of carbonyl (C=O) groups excluding carboxylic acids is 1. The van der Waals surface area contributed by atoms with Crippen LogP contribution in [-0.4, -0.2) is 43.4 Å². The Morgan fingerprint density at radius 1 is 1.19 bits per heavy atom. The second-order valence-corrected chi connectivity index (χ2v) is 8.26. The molecule has 0 aliphatic carbocycles. The van der Waals surface area contributed by atoms with Crippen LogP contribution in [0.2, 0.25) is 0 Å². The number of aliphatic carboxylic acids is 1. The average molecular weight is 396 g/mol. The maximum Gasteiger partial charge on any atom is 0.305 e. The standard InChI is InChI=1S/C17H20N2O5S2/c1-2-19(10-9-16(20)21)17(22)13-5-7-15(8-6-13)26(23,24)18-12-14-4-3-11-25-14/h3-8,11,18H,2,9-10,12H2,1H3,(H,20,21). The second kappa shape index (κ2) is 8.93. The number of benzene rings is 1. The van der Waals surface area contributed by atoms with Gasteiger partial charge in [0.1, 0.15) is 0 Å². The lowest BCUT2D eigenvalue weighted by Gasteiger charge is -2.20. The summed E-state index contributed by atoms with van der Waals surface area (Å²) in [5, 5.41) is 10.6. The van der Waals surface area contributed by atoms with Gasteiger partial charge in [0.2, 0.25) is 10.0 Å². The molecule has 1 amide bonds. The summed E-state index contributed by atoms with van der Waals surface area (Å²) in [4.78, 5) is 25.4. The summed E-state index contributed by atoms with van der Waals surface area (Å²) < 4.78 is 27.1. The summed E-state index contributed by atoms with van der Waals surface area (Å²) in [7, 11) is -3.67. The monoisotopic (exact) mass is 396 g/mol. The van der Waals surface area contributed by atoms with Gasteiger partial charge < -0.3 is 10.0 Å². The van der Waals surface area contributed by atoms with E-state index in [1.165, 1.54) is 40.5 Å². The zero-order valence-electron chi connectivity index (χ0n) is 14.2. The first-order valence-electron chi connectivity index (χ1n) is 7.96. The van der Waals surface area contributed by atoms with Gasteiger partial charge in [-0.1, -0.05) is 6.07 Å². The first-order chi connectivity index (χ1) is 12.3. The van der Waals surface area contributed by atoms with Crippen molar-refractivity contribution in [3.05, 3.63) is 52.2 Å². The van der Waals surface area contributed by atoms with E-state index in [0.29, 0.717) is 12.1 Å². The SMILES string of the molecule is CCN(CCC(=O)O)C(=O)c1ccc(S(=O)(=O)NCc2cccs2)cc1. The third kappa shape index (κ3) is 5.38. The van der Waals surface area contributed by atoms with Crippen molar-refractivity contribution in [2.75, 3.05) is 13.1 Å². The molecule has 2 aromatic rings. The minimum absolute atomic E-state index is 0.0687. The molecule has 0 saturated heterocycles. The summed E-state index contributed by atoms with van der Waals surface area (Å²) in [5.74, 6) is -1.31. The Hall–Kier alpha value is -2.23. The molecule has 7 nitrogen and oxygen atoms in total. The summed E-state index contributed by atoms with van der Waals surface area (Å²) in [5.41, 5.74) is 0.314. The van der Waals surface area contributed by atoms with Crippen molar-refractivity contribution >= 4 is 33.2 Å². The van der Waals surface area contributed by atoms with Crippen molar-refractivity contribution in [2.24, 2.45) is 0 Å². The van der Waals surface area contributed by atoms with Crippen LogP contribution in [0.25, 0.3) is 0 Å². The van der Waals surface area contributed by atoms with Crippen LogP contribution in [0.5, 0.6) is 0 Å². The van der Waals surface area contributed by atoms with Crippen LogP contribution < -0.4 is 4.72 Å². The van der Waals surface area contributed by atoms with E-state index in [0.717, 1.165) is 4.88 Å². The predicted octanol–water partition coefficient (Wildman–Crippen LogP) is 2.16. The van der Waals surface area contributed by atoms with Crippen molar-refractivity contribution in [1.82, 2.24) is 9.62 Å². The van der Waals surface area contributed by atoms with Gasteiger partial charge in [0, 0.05) is 30.1 Å². The van der Waals surface area contributed by atoms with Crippen molar-refractivity contribution in [2.45, 2.75) is 24.8 Å². The molecule has 1 aromatic heterocycles. The van der Waals surface area contributed by atoms with E-state index in [4.69, 9.17) is 5.11 Å². The molecule has 9 heteroatoms. The molecule has 0 radical (unpaired) electrons. The lowest BCUT2D eigenvalue weighted by atomic mass is 10.2. The zero-order chi connectivity index (χ0) is 19.2. The highest BCUT2D eigenvalue weighted by Gasteiger charge is 2.18. The number of hydrogen-bond acceptors (Lipinski definition) is 5. The minimum atomic E-state index is -3.67. The molecule has 26 heavy (non-hydrogen) atoms. The Balaban J connectivity index is 2.06. The van der Waals surface area contributed by atoms with Crippen LogP contribution in [0.15, 0.2) is 46.7 Å². The highest BCUT2D eigenvalue weighted by molar-refractivity contribution is 7.89. The minimum Gasteiger partial charge on any atom is -0.481 e. The third-order valence-electron chi connectivity index (χ3n) is 3.69. The molecule has 0 aliphatic heterocycles. The summed E-state index contributed by atoms with van der Waals surface area (Å²) in [6.07, 6.45) is -0.140. The van der Waals surface area contributed by atoms with E-state index < -0.39 is 16.0 Å². The largest absolute Gasteiger partial charge is 0.481 e. The number of nitrogens with one attached hydrogen (secondary N) is 1. The first kappa shape index (κ1) is 20.1. The van der Waals surface area contributed by atoms with Crippen molar-refractivity contribution in [3.8, 4) is 0 Å². The molecular weight excluding hydrogens is 376 g/mol. The number of sulfonamides is 1. The smallest absolute Gasteiger partial charge is 0.305 e. The number of carboxylic acid groups (broad SMARTS) is 1. The molecule has 0 bridgehead atoms. The van der Waals surface area contributed by atoms with Crippen LogP contribution in [0, 0.1) is 0 Å². The van der Waals surface area contributed by atoms with Crippen LogP contribution >= 0.6 is 11.3 Å². The van der Waals surface area contributed by atoms with Gasteiger partial charge >= 0.3 is 5.97 Å². The molecule has 2 N–H and O–H groups in total. The zero-order valence-corrected chi connectivity index (χ0v) is 15.8. The second-order valence-electron chi connectivity index (χ2n) is 5.46. The molecule has 140 valence electrons. The van der Waals surface area contributed by atoms with Crippen molar-refractivity contribution in [1.29, 1.82) is 0 Å². The Kier molecular flexibility index (Phi) is 6.90. The Morgan fingerprint density at radius 3 is 2.42 bits per heavy atom. The third-order valence-corrected chi connectivity index (χ3v) is 5.99. The number of rotatable bonds is 9.